The Bertz CT molecular complexity index is 756. The number of carbonyl (C=O) groups is 1. The number of hydrogen-bond donors (Lipinski definition) is 3. The smallest absolute Gasteiger partial charge is 0.225 e. The van der Waals surface area contributed by atoms with Gasteiger partial charge in [0.1, 0.15) is 11.6 Å². The highest BCUT2D eigenvalue weighted by Gasteiger charge is 2.24. The van der Waals surface area contributed by atoms with Crippen LogP contribution in [0.4, 0.5) is 0 Å². The molecule has 1 aliphatic rings. The van der Waals surface area contributed by atoms with Crippen LogP contribution in [0.5, 0.6) is 5.75 Å². The van der Waals surface area contributed by atoms with E-state index in [1.165, 1.54) is 0 Å². The summed E-state index contributed by atoms with van der Waals surface area (Å²) in [6, 6.07) is 6.63. The highest BCUT2D eigenvalue weighted by atomic mass is 16.3. The molecule has 3 rings (SSSR count). The van der Waals surface area contributed by atoms with Gasteiger partial charge in [0.2, 0.25) is 5.91 Å². The zero-order chi connectivity index (χ0) is 18.5. The molecule has 0 aliphatic carbocycles. The molecular formula is C19H27N5O2. The fourth-order valence-electron chi connectivity index (χ4n) is 3.35. The second-order valence-corrected chi connectivity index (χ2v) is 7.22. The van der Waals surface area contributed by atoms with Crippen molar-refractivity contribution in [3.05, 3.63) is 41.5 Å². The SMILES string of the molecule is CC(C)C[C@H](NC(=O)Cc1cccc(O)c1)c1nnc2n1CCNCC2. The first kappa shape index (κ1) is 18.4. The molecule has 140 valence electrons. The summed E-state index contributed by atoms with van der Waals surface area (Å²) in [4.78, 5) is 12.6. The molecule has 0 spiro atoms. The van der Waals surface area contributed by atoms with Gasteiger partial charge in [-0.25, -0.2) is 0 Å². The predicted octanol–water partition coefficient (Wildman–Crippen LogP) is 1.58. The van der Waals surface area contributed by atoms with E-state index in [0.29, 0.717) is 5.92 Å². The molecule has 1 aromatic heterocycles. The summed E-state index contributed by atoms with van der Waals surface area (Å²) in [7, 11) is 0. The summed E-state index contributed by atoms with van der Waals surface area (Å²) in [6.45, 7) is 6.86. The molecule has 1 atom stereocenters. The third-order valence-corrected chi connectivity index (χ3v) is 4.52. The topological polar surface area (TPSA) is 92.1 Å². The van der Waals surface area contributed by atoms with E-state index >= 15 is 0 Å². The van der Waals surface area contributed by atoms with E-state index in [0.717, 1.165) is 49.7 Å². The first-order valence-corrected chi connectivity index (χ1v) is 9.23. The van der Waals surface area contributed by atoms with Crippen LogP contribution in [-0.4, -0.2) is 38.9 Å². The van der Waals surface area contributed by atoms with Crippen molar-refractivity contribution in [3.8, 4) is 5.75 Å². The third-order valence-electron chi connectivity index (χ3n) is 4.52. The number of phenols is 1. The molecule has 1 amide bonds. The Balaban J connectivity index is 1.76. The molecular weight excluding hydrogens is 330 g/mol. The number of rotatable bonds is 6. The maximum Gasteiger partial charge on any atom is 0.225 e. The average Bonchev–Trinajstić information content (AvgIpc) is 2.82. The second kappa shape index (κ2) is 8.31. The number of phenolic OH excluding ortho intramolecular Hbond substituents is 1. The average molecular weight is 357 g/mol. The van der Waals surface area contributed by atoms with Gasteiger partial charge in [-0.3, -0.25) is 4.79 Å². The lowest BCUT2D eigenvalue weighted by Crippen LogP contribution is -2.33. The van der Waals surface area contributed by atoms with Crippen LogP contribution in [0.1, 0.15) is 43.5 Å². The van der Waals surface area contributed by atoms with Gasteiger partial charge in [0.15, 0.2) is 5.82 Å². The highest BCUT2D eigenvalue weighted by molar-refractivity contribution is 5.79. The lowest BCUT2D eigenvalue weighted by atomic mass is 10.0. The number of benzene rings is 1. The lowest BCUT2D eigenvalue weighted by molar-refractivity contribution is -0.121. The summed E-state index contributed by atoms with van der Waals surface area (Å²) in [5, 5.41) is 24.8. The van der Waals surface area contributed by atoms with Gasteiger partial charge in [-0.2, -0.15) is 0 Å². The summed E-state index contributed by atoms with van der Waals surface area (Å²) in [5.41, 5.74) is 0.787. The van der Waals surface area contributed by atoms with Gasteiger partial charge in [0.05, 0.1) is 12.5 Å². The van der Waals surface area contributed by atoms with Gasteiger partial charge in [-0.05, 0) is 30.0 Å². The minimum atomic E-state index is -0.167. The zero-order valence-electron chi connectivity index (χ0n) is 15.4. The van der Waals surface area contributed by atoms with Gasteiger partial charge >= 0.3 is 0 Å². The van der Waals surface area contributed by atoms with E-state index in [-0.39, 0.29) is 24.1 Å². The number of aromatic nitrogens is 3. The molecule has 0 radical (unpaired) electrons. The summed E-state index contributed by atoms with van der Waals surface area (Å²) in [5.74, 6) is 2.32. The first-order valence-electron chi connectivity index (χ1n) is 9.23. The molecule has 1 aromatic carbocycles. The van der Waals surface area contributed by atoms with E-state index in [1.807, 2.05) is 6.07 Å². The van der Waals surface area contributed by atoms with Gasteiger partial charge in [-0.1, -0.05) is 26.0 Å². The quantitative estimate of drug-likeness (QED) is 0.730. The Labute approximate surface area is 153 Å². The van der Waals surface area contributed by atoms with E-state index in [4.69, 9.17) is 0 Å². The van der Waals surface area contributed by atoms with Crippen LogP contribution in [0.25, 0.3) is 0 Å². The Morgan fingerprint density at radius 1 is 1.35 bits per heavy atom. The third kappa shape index (κ3) is 4.60. The molecule has 1 aliphatic heterocycles. The molecule has 2 heterocycles. The molecule has 0 saturated carbocycles. The molecule has 2 aromatic rings. The molecule has 7 heteroatoms. The Morgan fingerprint density at radius 3 is 2.96 bits per heavy atom. The van der Waals surface area contributed by atoms with Crippen LogP contribution < -0.4 is 10.6 Å². The summed E-state index contributed by atoms with van der Waals surface area (Å²) >= 11 is 0. The normalized spacial score (nSPS) is 15.3. The van der Waals surface area contributed by atoms with Crippen LogP contribution in [0.2, 0.25) is 0 Å². The fraction of sp³-hybridized carbons (Fsp3) is 0.526. The van der Waals surface area contributed by atoms with Gasteiger partial charge < -0.3 is 20.3 Å². The molecule has 0 bridgehead atoms. The largest absolute Gasteiger partial charge is 0.508 e. The Kier molecular flexibility index (Phi) is 5.88. The molecule has 0 fully saturated rings. The maximum absolute atomic E-state index is 12.6. The molecule has 7 nitrogen and oxygen atoms in total. The maximum atomic E-state index is 12.6. The lowest BCUT2D eigenvalue weighted by Gasteiger charge is -2.21. The van der Waals surface area contributed by atoms with E-state index in [2.05, 4.69) is 39.2 Å². The first-order chi connectivity index (χ1) is 12.5. The van der Waals surface area contributed by atoms with Gasteiger partial charge in [-0.15, -0.1) is 10.2 Å². The number of nitrogens with one attached hydrogen (secondary N) is 2. The van der Waals surface area contributed by atoms with Crippen molar-refractivity contribution in [2.75, 3.05) is 13.1 Å². The minimum absolute atomic E-state index is 0.0784. The number of hydrogen-bond acceptors (Lipinski definition) is 5. The van der Waals surface area contributed by atoms with Crippen LogP contribution >= 0.6 is 0 Å². The Hall–Kier alpha value is -2.41. The monoisotopic (exact) mass is 357 g/mol. The predicted molar refractivity (Wildman–Crippen MR) is 98.7 cm³/mol. The number of nitrogens with zero attached hydrogens (tertiary/aromatic N) is 3. The standard InChI is InChI=1S/C19H27N5O2/c1-13(2)10-16(19-23-22-17-6-7-20-8-9-24(17)19)21-18(26)12-14-4-3-5-15(25)11-14/h3-5,11,13,16,20,25H,6-10,12H2,1-2H3,(H,21,26)/t16-/m0/s1. The second-order valence-electron chi connectivity index (χ2n) is 7.22. The van der Waals surface area contributed by atoms with E-state index < -0.39 is 0 Å². The van der Waals surface area contributed by atoms with Crippen molar-refractivity contribution in [2.24, 2.45) is 5.92 Å². The molecule has 0 unspecified atom stereocenters. The number of fused-ring (bicyclic) bond motifs is 1. The van der Waals surface area contributed by atoms with Crippen molar-refractivity contribution in [3.63, 3.8) is 0 Å². The van der Waals surface area contributed by atoms with Crippen LogP contribution in [0.15, 0.2) is 24.3 Å². The number of carbonyl (C=O) groups excluding carboxylic acids is 1. The number of amides is 1. The zero-order valence-corrected chi connectivity index (χ0v) is 15.4. The van der Waals surface area contributed by atoms with Crippen molar-refractivity contribution in [1.82, 2.24) is 25.4 Å². The van der Waals surface area contributed by atoms with Crippen LogP contribution in [0.3, 0.4) is 0 Å². The molecule has 26 heavy (non-hydrogen) atoms. The Morgan fingerprint density at radius 2 is 2.19 bits per heavy atom. The summed E-state index contributed by atoms with van der Waals surface area (Å²) < 4.78 is 2.14. The summed E-state index contributed by atoms with van der Waals surface area (Å²) in [6.07, 6.45) is 1.88. The minimum Gasteiger partial charge on any atom is -0.508 e. The molecule has 0 saturated heterocycles. The fourth-order valence-corrected chi connectivity index (χ4v) is 3.35. The van der Waals surface area contributed by atoms with Crippen molar-refractivity contribution in [2.45, 2.75) is 45.7 Å². The van der Waals surface area contributed by atoms with E-state index in [1.54, 1.807) is 18.2 Å². The van der Waals surface area contributed by atoms with Crippen LogP contribution in [-0.2, 0) is 24.2 Å². The van der Waals surface area contributed by atoms with Crippen molar-refractivity contribution in [1.29, 1.82) is 0 Å². The van der Waals surface area contributed by atoms with Crippen molar-refractivity contribution < 1.29 is 9.90 Å². The van der Waals surface area contributed by atoms with E-state index in [9.17, 15) is 9.90 Å². The highest BCUT2D eigenvalue weighted by Crippen LogP contribution is 2.22. The van der Waals surface area contributed by atoms with Gasteiger partial charge in [0.25, 0.3) is 0 Å². The van der Waals surface area contributed by atoms with Gasteiger partial charge in [0, 0.05) is 26.1 Å². The number of aromatic hydroxyl groups is 1. The van der Waals surface area contributed by atoms with Crippen LogP contribution in [0, 0.1) is 5.92 Å². The molecule has 3 N–H and O–H groups in total. The van der Waals surface area contributed by atoms with Crippen molar-refractivity contribution >= 4 is 5.91 Å².